The standard InChI is InChI=1S/C9H10O2.C8H8O2/c1-7-2-3-8-9(6-7)11-5-4-10-8;1-6-2-3-7-8(4-6)10-5-9-7/h2-3,6H,4-5H2,1H3;2-4H,5H2,1H3. The van der Waals surface area contributed by atoms with Gasteiger partial charge in [-0.15, -0.1) is 0 Å². The Bertz CT molecular complexity index is 637. The first-order chi connectivity index (χ1) is 10.2. The third-order valence-corrected chi connectivity index (χ3v) is 3.23. The molecule has 21 heavy (non-hydrogen) atoms. The largest absolute Gasteiger partial charge is 0.486 e. The smallest absolute Gasteiger partial charge is 0.231 e. The molecule has 0 saturated heterocycles. The van der Waals surface area contributed by atoms with Crippen LogP contribution in [-0.4, -0.2) is 20.0 Å². The monoisotopic (exact) mass is 286 g/mol. The maximum absolute atomic E-state index is 5.38. The first kappa shape index (κ1) is 13.6. The van der Waals surface area contributed by atoms with Gasteiger partial charge in [0.1, 0.15) is 13.2 Å². The maximum Gasteiger partial charge on any atom is 0.231 e. The van der Waals surface area contributed by atoms with Crippen molar-refractivity contribution < 1.29 is 18.9 Å². The van der Waals surface area contributed by atoms with E-state index in [0.717, 1.165) is 23.0 Å². The number of hydrogen-bond acceptors (Lipinski definition) is 4. The molecule has 2 heterocycles. The SMILES string of the molecule is Cc1ccc2c(c1)OCCO2.Cc1ccc2c(c1)OCO2. The van der Waals surface area contributed by atoms with Crippen LogP contribution < -0.4 is 18.9 Å². The molecule has 4 rings (SSSR count). The average Bonchev–Trinajstić information content (AvgIpc) is 2.95. The fraction of sp³-hybridized carbons (Fsp3) is 0.294. The normalized spacial score (nSPS) is 14.2. The summed E-state index contributed by atoms with van der Waals surface area (Å²) in [4.78, 5) is 0. The van der Waals surface area contributed by atoms with Crippen LogP contribution in [0.3, 0.4) is 0 Å². The maximum atomic E-state index is 5.38. The Labute approximate surface area is 124 Å². The summed E-state index contributed by atoms with van der Waals surface area (Å²) in [7, 11) is 0. The average molecular weight is 286 g/mol. The van der Waals surface area contributed by atoms with E-state index < -0.39 is 0 Å². The van der Waals surface area contributed by atoms with Crippen molar-refractivity contribution in [3.8, 4) is 23.0 Å². The lowest BCUT2D eigenvalue weighted by Gasteiger charge is -2.18. The second-order valence-electron chi connectivity index (χ2n) is 5.00. The molecule has 0 aliphatic carbocycles. The molecule has 0 radical (unpaired) electrons. The number of aryl methyl sites for hydroxylation is 2. The Morgan fingerprint density at radius 2 is 1.10 bits per heavy atom. The van der Waals surface area contributed by atoms with E-state index in [2.05, 4.69) is 0 Å². The van der Waals surface area contributed by atoms with Gasteiger partial charge in [0.05, 0.1) is 0 Å². The molecule has 2 aromatic rings. The zero-order valence-electron chi connectivity index (χ0n) is 12.2. The molecule has 0 amide bonds. The van der Waals surface area contributed by atoms with Crippen molar-refractivity contribution in [3.63, 3.8) is 0 Å². The first-order valence-corrected chi connectivity index (χ1v) is 6.95. The van der Waals surface area contributed by atoms with Crippen LogP contribution in [0.4, 0.5) is 0 Å². The molecule has 2 aromatic carbocycles. The summed E-state index contributed by atoms with van der Waals surface area (Å²) in [5.41, 5.74) is 2.40. The predicted molar refractivity (Wildman–Crippen MR) is 79.5 cm³/mol. The summed E-state index contributed by atoms with van der Waals surface area (Å²) in [5.74, 6) is 3.45. The van der Waals surface area contributed by atoms with E-state index in [0.29, 0.717) is 20.0 Å². The topological polar surface area (TPSA) is 36.9 Å². The van der Waals surface area contributed by atoms with Crippen LogP contribution in [0.2, 0.25) is 0 Å². The minimum absolute atomic E-state index is 0.360. The van der Waals surface area contributed by atoms with Gasteiger partial charge < -0.3 is 18.9 Å². The molecule has 0 spiro atoms. The van der Waals surface area contributed by atoms with Crippen LogP contribution >= 0.6 is 0 Å². The molecular formula is C17H18O4. The molecule has 4 nitrogen and oxygen atoms in total. The lowest BCUT2D eigenvalue weighted by Crippen LogP contribution is -2.15. The third-order valence-electron chi connectivity index (χ3n) is 3.23. The second-order valence-corrected chi connectivity index (χ2v) is 5.00. The highest BCUT2D eigenvalue weighted by Crippen LogP contribution is 2.32. The molecule has 0 bridgehead atoms. The fourth-order valence-corrected chi connectivity index (χ4v) is 2.15. The number of hydrogen-bond donors (Lipinski definition) is 0. The minimum atomic E-state index is 0.360. The van der Waals surface area contributed by atoms with Crippen molar-refractivity contribution in [2.75, 3.05) is 20.0 Å². The van der Waals surface area contributed by atoms with Gasteiger partial charge in [-0.2, -0.15) is 0 Å². The van der Waals surface area contributed by atoms with Crippen LogP contribution in [0.5, 0.6) is 23.0 Å². The van der Waals surface area contributed by atoms with Crippen LogP contribution in [0.25, 0.3) is 0 Å². The highest BCUT2D eigenvalue weighted by Gasteiger charge is 2.11. The quantitative estimate of drug-likeness (QED) is 0.743. The Morgan fingerprint density at radius 1 is 0.619 bits per heavy atom. The second kappa shape index (κ2) is 5.95. The highest BCUT2D eigenvalue weighted by atomic mass is 16.7. The first-order valence-electron chi connectivity index (χ1n) is 6.95. The van der Waals surface area contributed by atoms with Crippen LogP contribution in [-0.2, 0) is 0 Å². The van der Waals surface area contributed by atoms with Gasteiger partial charge in [0.15, 0.2) is 23.0 Å². The molecule has 110 valence electrons. The van der Waals surface area contributed by atoms with E-state index >= 15 is 0 Å². The van der Waals surface area contributed by atoms with Gasteiger partial charge in [0.2, 0.25) is 6.79 Å². The Hall–Kier alpha value is -2.36. The molecule has 0 N–H and O–H groups in total. The molecule has 2 aliphatic heterocycles. The highest BCUT2D eigenvalue weighted by molar-refractivity contribution is 5.44. The van der Waals surface area contributed by atoms with E-state index in [1.54, 1.807) is 0 Å². The van der Waals surface area contributed by atoms with Gasteiger partial charge in [-0.25, -0.2) is 0 Å². The molecule has 0 aromatic heterocycles. The van der Waals surface area contributed by atoms with E-state index in [9.17, 15) is 0 Å². The summed E-state index contributed by atoms with van der Waals surface area (Å²) in [6.07, 6.45) is 0. The van der Waals surface area contributed by atoms with Crippen molar-refractivity contribution in [1.29, 1.82) is 0 Å². The van der Waals surface area contributed by atoms with E-state index in [4.69, 9.17) is 18.9 Å². The molecule has 2 aliphatic rings. The van der Waals surface area contributed by atoms with Gasteiger partial charge in [-0.3, -0.25) is 0 Å². The zero-order valence-corrected chi connectivity index (χ0v) is 12.2. The van der Waals surface area contributed by atoms with E-state index in [1.807, 2.05) is 50.2 Å². The van der Waals surface area contributed by atoms with Crippen molar-refractivity contribution in [2.24, 2.45) is 0 Å². The molecule has 4 heteroatoms. The van der Waals surface area contributed by atoms with E-state index in [1.165, 1.54) is 11.1 Å². The number of rotatable bonds is 0. The van der Waals surface area contributed by atoms with Crippen molar-refractivity contribution >= 4 is 0 Å². The molecule has 0 unspecified atom stereocenters. The van der Waals surface area contributed by atoms with E-state index in [-0.39, 0.29) is 0 Å². The zero-order chi connectivity index (χ0) is 14.7. The van der Waals surface area contributed by atoms with Crippen molar-refractivity contribution in [1.82, 2.24) is 0 Å². The summed E-state index contributed by atoms with van der Waals surface area (Å²) in [6.45, 7) is 5.76. The number of benzene rings is 2. The Kier molecular flexibility index (Phi) is 3.86. The molecular weight excluding hydrogens is 268 g/mol. The van der Waals surface area contributed by atoms with Crippen molar-refractivity contribution in [2.45, 2.75) is 13.8 Å². The predicted octanol–water partition coefficient (Wildman–Crippen LogP) is 3.49. The molecule has 0 atom stereocenters. The number of fused-ring (bicyclic) bond motifs is 2. The van der Waals surface area contributed by atoms with Crippen LogP contribution in [0.1, 0.15) is 11.1 Å². The summed E-state index contributed by atoms with van der Waals surface area (Å²) >= 11 is 0. The van der Waals surface area contributed by atoms with Gasteiger partial charge >= 0.3 is 0 Å². The summed E-state index contributed by atoms with van der Waals surface area (Å²) < 4.78 is 21.0. The van der Waals surface area contributed by atoms with Gasteiger partial charge in [-0.05, 0) is 49.2 Å². The third kappa shape index (κ3) is 3.21. The summed E-state index contributed by atoms with van der Waals surface area (Å²) in [6, 6.07) is 11.9. The lowest BCUT2D eigenvalue weighted by atomic mass is 10.2. The summed E-state index contributed by atoms with van der Waals surface area (Å²) in [5, 5.41) is 0. The van der Waals surface area contributed by atoms with Gasteiger partial charge in [0.25, 0.3) is 0 Å². The van der Waals surface area contributed by atoms with Gasteiger partial charge in [-0.1, -0.05) is 12.1 Å². The molecule has 0 fully saturated rings. The molecule has 0 saturated carbocycles. The Balaban J connectivity index is 0.000000126. The number of ether oxygens (including phenoxy) is 4. The van der Waals surface area contributed by atoms with Gasteiger partial charge in [0, 0.05) is 0 Å². The lowest BCUT2D eigenvalue weighted by molar-refractivity contribution is 0.171. The Morgan fingerprint density at radius 3 is 1.76 bits per heavy atom. The van der Waals surface area contributed by atoms with Crippen molar-refractivity contribution in [3.05, 3.63) is 47.5 Å². The van der Waals surface area contributed by atoms with Crippen LogP contribution in [0, 0.1) is 13.8 Å². The fourth-order valence-electron chi connectivity index (χ4n) is 2.15. The van der Waals surface area contributed by atoms with Crippen LogP contribution in [0.15, 0.2) is 36.4 Å². The minimum Gasteiger partial charge on any atom is -0.486 e.